The van der Waals surface area contributed by atoms with Crippen LogP contribution in [-0.2, 0) is 20.9 Å². The number of aromatic nitrogens is 4. The minimum atomic E-state index is -3.23. The fourth-order valence-corrected chi connectivity index (χ4v) is 3.29. The molecule has 0 saturated heterocycles. The molecule has 1 atom stereocenters. The van der Waals surface area contributed by atoms with E-state index in [4.69, 9.17) is 0 Å². The van der Waals surface area contributed by atoms with Gasteiger partial charge in [-0.25, -0.2) is 13.4 Å². The summed E-state index contributed by atoms with van der Waals surface area (Å²) in [6.45, 7) is 1.60. The van der Waals surface area contributed by atoms with E-state index in [1.54, 1.807) is 43.3 Å². The number of fused-ring (bicyclic) bond motifs is 2. The van der Waals surface area contributed by atoms with E-state index in [1.807, 2.05) is 12.1 Å². The van der Waals surface area contributed by atoms with Crippen LogP contribution in [0.15, 0.2) is 58.8 Å². The van der Waals surface area contributed by atoms with Gasteiger partial charge in [0.05, 0.1) is 16.8 Å². The van der Waals surface area contributed by atoms with Gasteiger partial charge in [-0.2, -0.15) is 0 Å². The minimum absolute atomic E-state index is 0. The van der Waals surface area contributed by atoms with Crippen LogP contribution in [-0.4, -0.2) is 37.9 Å². The summed E-state index contributed by atoms with van der Waals surface area (Å²) in [5, 5.41) is -0.0857. The van der Waals surface area contributed by atoms with Crippen molar-refractivity contribution in [2.75, 3.05) is 5.75 Å². The van der Waals surface area contributed by atoms with Crippen molar-refractivity contribution in [3.63, 3.8) is 0 Å². The number of sulfone groups is 1. The van der Waals surface area contributed by atoms with Crippen LogP contribution in [0.1, 0.15) is 6.92 Å². The number of nitrogens with zero attached hydrogens (tertiary/aromatic N) is 3. The number of H-pyrrole nitrogens is 1. The Hall–Kier alpha value is -0.560. The van der Waals surface area contributed by atoms with Crippen molar-refractivity contribution in [1.82, 2.24) is 19.9 Å². The van der Waals surface area contributed by atoms with Crippen molar-refractivity contribution in [1.29, 1.82) is 0 Å². The summed E-state index contributed by atoms with van der Waals surface area (Å²) in [6.07, 6.45) is 0. The number of hydrogen-bond acceptors (Lipinski definition) is 6. The maximum absolute atomic E-state index is 11.5. The van der Waals surface area contributed by atoms with Crippen LogP contribution in [0.5, 0.6) is 0 Å². The first-order chi connectivity index (χ1) is 12.4. The van der Waals surface area contributed by atoms with Gasteiger partial charge in [0.15, 0.2) is 0 Å². The van der Waals surface area contributed by atoms with Crippen LogP contribution in [0.25, 0.3) is 22.1 Å². The van der Waals surface area contributed by atoms with Crippen LogP contribution in [0, 0.1) is 0 Å². The molecule has 2 aromatic heterocycles. The van der Waals surface area contributed by atoms with Gasteiger partial charge in [0.25, 0.3) is 0 Å². The minimum Gasteiger partial charge on any atom is -0.769 e. The van der Waals surface area contributed by atoms with E-state index >= 15 is 0 Å². The maximum Gasteiger partial charge on any atom is 1.00 e. The topological polar surface area (TPSA) is 130 Å². The second-order valence-corrected chi connectivity index (χ2v) is 8.22. The molecule has 1 N–H and O–H groups in total. The third-order valence-corrected chi connectivity index (χ3v) is 5.53. The van der Waals surface area contributed by atoms with Gasteiger partial charge in [0.2, 0.25) is 15.0 Å². The largest absolute Gasteiger partial charge is 1.00 e. The average Bonchev–Trinajstić information content (AvgIpc) is 3.26. The number of nitrogens with one attached hydrogen (secondary N) is 1. The van der Waals surface area contributed by atoms with Gasteiger partial charge in [0.1, 0.15) is 0 Å². The summed E-state index contributed by atoms with van der Waals surface area (Å²) in [5.74, 6) is 0.0623. The first-order valence-corrected chi connectivity index (χ1v) is 10.3. The SMILES string of the molecule is CCS(=O)(=O)c1nc2ccccc2[nH]1.O=S([O-])c1nc2ccccc2[n-]1.[Na+].[Na+]. The number of aromatic amines is 1. The van der Waals surface area contributed by atoms with Crippen molar-refractivity contribution in [2.24, 2.45) is 0 Å². The average molecular weight is 436 g/mol. The van der Waals surface area contributed by atoms with Gasteiger partial charge in [-0.15, -0.1) is 0 Å². The Balaban J connectivity index is 0.000000264. The van der Waals surface area contributed by atoms with Crippen molar-refractivity contribution < 1.29 is 76.3 Å². The molecule has 4 rings (SSSR count). The van der Waals surface area contributed by atoms with Crippen molar-refractivity contribution in [3.05, 3.63) is 48.5 Å². The standard InChI is InChI=1S/C9H10N2O2S.C7H5N2O2S.2Na/c1-2-14(12,13)9-10-7-5-3-4-6-8(7)11-9;10-12(11)7-8-5-3-1-2-4-6(5)9-7;;/h3-6H,2H2,1H3,(H,10,11);1-4H,(H-,8,9,10,11);;/q;-1;2*+1/p-1. The Kier molecular flexibility index (Phi) is 10.0. The Morgan fingerprint density at radius 3 is 2.21 bits per heavy atom. The van der Waals surface area contributed by atoms with Gasteiger partial charge < -0.3 is 19.5 Å². The maximum atomic E-state index is 11.5. The molecule has 136 valence electrons. The molecular weight excluding hydrogens is 422 g/mol. The smallest absolute Gasteiger partial charge is 0.769 e. The van der Waals surface area contributed by atoms with Gasteiger partial charge in [-0.05, 0) is 39.4 Å². The molecule has 1 unspecified atom stereocenters. The van der Waals surface area contributed by atoms with Crippen LogP contribution in [0.4, 0.5) is 0 Å². The van der Waals surface area contributed by atoms with Crippen LogP contribution in [0.2, 0.25) is 0 Å². The zero-order valence-electron chi connectivity index (χ0n) is 15.6. The molecule has 8 nitrogen and oxygen atoms in total. The fraction of sp³-hybridized carbons (Fsp3) is 0.125. The summed E-state index contributed by atoms with van der Waals surface area (Å²) in [4.78, 5) is 14.4. The van der Waals surface area contributed by atoms with E-state index < -0.39 is 20.9 Å². The summed E-state index contributed by atoms with van der Waals surface area (Å²) in [5.41, 5.74) is 2.65. The van der Waals surface area contributed by atoms with E-state index in [2.05, 4.69) is 19.9 Å². The number of benzene rings is 2. The first-order valence-electron chi connectivity index (χ1n) is 7.57. The molecule has 2 aromatic carbocycles. The molecule has 4 aromatic rings. The Bertz CT molecular complexity index is 1130. The summed E-state index contributed by atoms with van der Waals surface area (Å²) in [7, 11) is -3.23. The van der Waals surface area contributed by atoms with E-state index in [-0.39, 0.29) is 75.2 Å². The van der Waals surface area contributed by atoms with Crippen molar-refractivity contribution in [2.45, 2.75) is 17.2 Å². The van der Waals surface area contributed by atoms with Crippen LogP contribution >= 0.6 is 0 Å². The number of imidazole rings is 2. The van der Waals surface area contributed by atoms with Crippen LogP contribution < -0.4 is 64.1 Å². The molecule has 28 heavy (non-hydrogen) atoms. The molecule has 0 amide bonds. The Morgan fingerprint density at radius 1 is 1.04 bits per heavy atom. The molecule has 0 bridgehead atoms. The van der Waals surface area contributed by atoms with Gasteiger partial charge in [0, 0.05) is 0 Å². The van der Waals surface area contributed by atoms with E-state index in [0.29, 0.717) is 16.6 Å². The molecule has 12 heteroatoms. The Morgan fingerprint density at radius 2 is 1.64 bits per heavy atom. The second-order valence-electron chi connectivity index (χ2n) is 5.19. The first kappa shape index (κ1) is 25.5. The fourth-order valence-electron chi connectivity index (χ4n) is 2.17. The molecule has 2 heterocycles. The monoisotopic (exact) mass is 436 g/mol. The Labute approximate surface area is 208 Å². The number of hydrogen-bond donors (Lipinski definition) is 1. The predicted octanol–water partition coefficient (Wildman–Crippen LogP) is -4.21. The molecule has 0 aliphatic heterocycles. The van der Waals surface area contributed by atoms with E-state index in [1.165, 1.54) is 0 Å². The van der Waals surface area contributed by atoms with E-state index in [9.17, 15) is 17.2 Å². The molecule has 0 saturated carbocycles. The molecule has 0 radical (unpaired) electrons. The summed E-state index contributed by atoms with van der Waals surface area (Å²) >= 11 is -2.33. The van der Waals surface area contributed by atoms with Crippen molar-refractivity contribution >= 4 is 43.0 Å². The van der Waals surface area contributed by atoms with Gasteiger partial charge >= 0.3 is 59.1 Å². The number of para-hydroxylation sites is 4. The molecule has 0 aliphatic carbocycles. The normalized spacial score (nSPS) is 11.8. The zero-order valence-corrected chi connectivity index (χ0v) is 21.3. The van der Waals surface area contributed by atoms with Gasteiger partial charge in [-0.1, -0.05) is 43.3 Å². The quantitative estimate of drug-likeness (QED) is 0.255. The molecule has 0 aliphatic rings. The van der Waals surface area contributed by atoms with Gasteiger partial charge in [-0.3, -0.25) is 4.21 Å². The van der Waals surface area contributed by atoms with Crippen molar-refractivity contribution in [3.8, 4) is 0 Å². The molecule has 0 spiro atoms. The third kappa shape index (κ3) is 5.97. The predicted molar refractivity (Wildman–Crippen MR) is 96.1 cm³/mol. The zero-order chi connectivity index (χ0) is 18.7. The summed E-state index contributed by atoms with van der Waals surface area (Å²) < 4.78 is 43.8. The van der Waals surface area contributed by atoms with E-state index in [0.717, 1.165) is 5.52 Å². The van der Waals surface area contributed by atoms with Crippen LogP contribution in [0.3, 0.4) is 0 Å². The third-order valence-electron chi connectivity index (χ3n) is 3.51. The number of rotatable bonds is 3. The second kappa shape index (κ2) is 11.0. The molecular formula is C16H14N4Na2O4S2. The summed E-state index contributed by atoms with van der Waals surface area (Å²) in [6, 6.07) is 14.3. The molecule has 0 fully saturated rings.